The summed E-state index contributed by atoms with van der Waals surface area (Å²) in [7, 11) is -1.60. The lowest BCUT2D eigenvalue weighted by Gasteiger charge is -2.40. The minimum atomic E-state index is -3.50. The highest BCUT2D eigenvalue weighted by molar-refractivity contribution is 7.88. The topological polar surface area (TPSA) is 86.2 Å². The molecule has 10 heteroatoms. The summed E-state index contributed by atoms with van der Waals surface area (Å²) >= 11 is 6.44. The minimum Gasteiger partial charge on any atom is -0.353 e. The van der Waals surface area contributed by atoms with Crippen molar-refractivity contribution < 1.29 is 13.2 Å². The molecule has 3 heterocycles. The van der Waals surface area contributed by atoms with Gasteiger partial charge in [-0.05, 0) is 36.3 Å². The molecule has 2 aliphatic heterocycles. The van der Waals surface area contributed by atoms with Crippen LogP contribution < -0.4 is 0 Å². The highest BCUT2D eigenvalue weighted by atomic mass is 35.5. The molecule has 0 N–H and O–H groups in total. The van der Waals surface area contributed by atoms with Gasteiger partial charge in [-0.15, -0.1) is 0 Å². The highest BCUT2D eigenvalue weighted by Crippen LogP contribution is 2.34. The molecule has 0 unspecified atom stereocenters. The summed E-state index contributed by atoms with van der Waals surface area (Å²) in [5.41, 5.74) is 2.88. The molecular weight excluding hydrogens is 414 g/mol. The first kappa shape index (κ1) is 21.5. The van der Waals surface area contributed by atoms with Gasteiger partial charge in [0.15, 0.2) is 0 Å². The number of aromatic nitrogens is 1. The van der Waals surface area contributed by atoms with Gasteiger partial charge in [0, 0.05) is 32.9 Å². The van der Waals surface area contributed by atoms with Crippen LogP contribution in [0.15, 0.2) is 29.8 Å². The normalized spacial score (nSPS) is 20.6. The van der Waals surface area contributed by atoms with E-state index in [0.717, 1.165) is 11.3 Å². The summed E-state index contributed by atoms with van der Waals surface area (Å²) in [6.45, 7) is 6.57. The molecule has 1 fully saturated rings. The number of carbonyl (C=O) groups excluding carboxylic acids is 1. The molecular formula is C19H24ClN5O3S. The second kappa shape index (κ2) is 8.25. The number of piperazine rings is 1. The van der Waals surface area contributed by atoms with Crippen LogP contribution in [0, 0.1) is 6.92 Å². The number of rotatable bonds is 4. The van der Waals surface area contributed by atoms with Crippen LogP contribution in [0.4, 0.5) is 0 Å². The SMILES string of the molecule is C=CC(=O)N1CCN(S(C)(=O)=O)[C@@H](c2cc(C3=CC=NCN3C)nc(Cl)c2C)C1. The summed E-state index contributed by atoms with van der Waals surface area (Å²) in [6, 6.07) is 1.29. The van der Waals surface area contributed by atoms with Crippen LogP contribution in [0.3, 0.4) is 0 Å². The van der Waals surface area contributed by atoms with Gasteiger partial charge >= 0.3 is 0 Å². The molecule has 0 bridgehead atoms. The average molecular weight is 438 g/mol. The van der Waals surface area contributed by atoms with Gasteiger partial charge in [-0.3, -0.25) is 9.79 Å². The number of aliphatic imine (C=N–C) groups is 1. The van der Waals surface area contributed by atoms with E-state index in [0.29, 0.717) is 29.6 Å². The van der Waals surface area contributed by atoms with E-state index in [9.17, 15) is 13.2 Å². The zero-order chi connectivity index (χ0) is 21.3. The Balaban J connectivity index is 2.11. The van der Waals surface area contributed by atoms with Crippen molar-refractivity contribution in [1.82, 2.24) is 19.1 Å². The Morgan fingerprint density at radius 3 is 2.72 bits per heavy atom. The van der Waals surface area contributed by atoms with E-state index in [1.807, 2.05) is 31.0 Å². The smallest absolute Gasteiger partial charge is 0.246 e. The molecule has 0 aliphatic carbocycles. The van der Waals surface area contributed by atoms with Crippen LogP contribution in [0.5, 0.6) is 0 Å². The maximum Gasteiger partial charge on any atom is 0.246 e. The van der Waals surface area contributed by atoms with E-state index in [1.165, 1.54) is 16.6 Å². The van der Waals surface area contributed by atoms with E-state index in [1.54, 1.807) is 11.1 Å². The maximum absolute atomic E-state index is 12.5. The Hall–Kier alpha value is -2.23. The molecule has 1 atom stereocenters. The minimum absolute atomic E-state index is 0.201. The molecule has 1 saturated heterocycles. The lowest BCUT2D eigenvalue weighted by atomic mass is 9.99. The Morgan fingerprint density at radius 2 is 2.10 bits per heavy atom. The Labute approximate surface area is 176 Å². The zero-order valence-electron chi connectivity index (χ0n) is 16.7. The van der Waals surface area contributed by atoms with E-state index >= 15 is 0 Å². The number of allylic oxidation sites excluding steroid dienone is 1. The molecule has 1 amide bonds. The van der Waals surface area contributed by atoms with Crippen LogP contribution in [0.2, 0.25) is 5.15 Å². The standard InChI is InChI=1S/C19H24ClN5O3S/c1-5-18(26)24-8-9-25(29(4,27)28)17(11-24)14-10-15(22-19(20)13(14)2)16-6-7-21-12-23(16)3/h5-7,10,17H,1,8-9,11-12H2,2-4H3/t17-/m1/s1. The molecule has 8 nitrogen and oxygen atoms in total. The number of sulfonamides is 1. The quantitative estimate of drug-likeness (QED) is 0.528. The lowest BCUT2D eigenvalue weighted by molar-refractivity contribution is -0.128. The summed E-state index contributed by atoms with van der Waals surface area (Å²) < 4.78 is 26.4. The van der Waals surface area contributed by atoms with E-state index in [4.69, 9.17) is 11.6 Å². The Morgan fingerprint density at radius 1 is 1.38 bits per heavy atom. The monoisotopic (exact) mass is 437 g/mol. The number of amides is 1. The molecule has 1 aromatic heterocycles. The van der Waals surface area contributed by atoms with E-state index in [-0.39, 0.29) is 19.0 Å². The third-order valence-corrected chi connectivity index (χ3v) is 6.82. The number of nitrogens with zero attached hydrogens (tertiary/aromatic N) is 5. The number of pyridine rings is 1. The predicted octanol–water partition coefficient (Wildman–Crippen LogP) is 1.69. The first-order chi connectivity index (χ1) is 13.6. The van der Waals surface area contributed by atoms with Gasteiger partial charge in [-0.2, -0.15) is 4.31 Å². The van der Waals surface area contributed by atoms with Crippen molar-refractivity contribution >= 4 is 39.4 Å². The van der Waals surface area contributed by atoms with Gasteiger partial charge in [0.05, 0.1) is 23.7 Å². The van der Waals surface area contributed by atoms with Gasteiger partial charge in [0.1, 0.15) is 11.8 Å². The molecule has 156 valence electrons. The summed E-state index contributed by atoms with van der Waals surface area (Å²) in [6.07, 6.45) is 5.96. The number of carbonyl (C=O) groups is 1. The van der Waals surface area contributed by atoms with Crippen molar-refractivity contribution in [2.75, 3.05) is 39.6 Å². The van der Waals surface area contributed by atoms with Gasteiger partial charge in [0.2, 0.25) is 15.9 Å². The molecule has 2 aliphatic rings. The molecule has 0 saturated carbocycles. The largest absolute Gasteiger partial charge is 0.353 e. The third kappa shape index (κ3) is 4.36. The van der Waals surface area contributed by atoms with Gasteiger partial charge in [-0.1, -0.05) is 18.2 Å². The number of hydrogen-bond acceptors (Lipinski definition) is 6. The summed E-state index contributed by atoms with van der Waals surface area (Å²) in [4.78, 5) is 24.4. The molecule has 0 spiro atoms. The Kier molecular flexibility index (Phi) is 6.11. The first-order valence-corrected chi connectivity index (χ1v) is 11.3. The van der Waals surface area contributed by atoms with Crippen LogP contribution >= 0.6 is 11.6 Å². The van der Waals surface area contributed by atoms with Gasteiger partial charge in [-0.25, -0.2) is 13.4 Å². The van der Waals surface area contributed by atoms with Crippen LogP contribution in [-0.4, -0.2) is 79.2 Å². The summed E-state index contributed by atoms with van der Waals surface area (Å²) in [5, 5.41) is 0.301. The van der Waals surface area contributed by atoms with Crippen molar-refractivity contribution in [3.05, 3.63) is 46.8 Å². The second-order valence-corrected chi connectivity index (χ2v) is 9.41. The van der Waals surface area contributed by atoms with Crippen molar-refractivity contribution in [1.29, 1.82) is 0 Å². The Bertz CT molecular complexity index is 1010. The first-order valence-electron chi connectivity index (χ1n) is 9.10. The van der Waals surface area contributed by atoms with Crippen LogP contribution in [0.25, 0.3) is 5.70 Å². The molecule has 29 heavy (non-hydrogen) atoms. The maximum atomic E-state index is 12.5. The van der Waals surface area contributed by atoms with E-state index in [2.05, 4.69) is 16.6 Å². The van der Waals surface area contributed by atoms with Gasteiger partial charge in [0.25, 0.3) is 0 Å². The van der Waals surface area contributed by atoms with Crippen LogP contribution in [-0.2, 0) is 14.8 Å². The molecule has 0 aromatic carbocycles. The second-order valence-electron chi connectivity index (χ2n) is 7.11. The molecule has 0 radical (unpaired) electrons. The zero-order valence-corrected chi connectivity index (χ0v) is 18.2. The van der Waals surface area contributed by atoms with Crippen molar-refractivity contribution in [2.24, 2.45) is 4.99 Å². The molecule has 3 rings (SSSR count). The fourth-order valence-corrected chi connectivity index (χ4v) is 4.85. The summed E-state index contributed by atoms with van der Waals surface area (Å²) in [5.74, 6) is -0.230. The van der Waals surface area contributed by atoms with Crippen LogP contribution in [0.1, 0.15) is 22.9 Å². The fraction of sp³-hybridized carbons (Fsp3) is 0.421. The third-order valence-electron chi connectivity index (χ3n) is 5.16. The lowest BCUT2D eigenvalue weighted by Crippen LogP contribution is -2.51. The highest BCUT2D eigenvalue weighted by Gasteiger charge is 2.36. The van der Waals surface area contributed by atoms with Crippen molar-refractivity contribution in [2.45, 2.75) is 13.0 Å². The van der Waals surface area contributed by atoms with Gasteiger partial charge < -0.3 is 9.80 Å². The van der Waals surface area contributed by atoms with Crippen molar-refractivity contribution in [3.63, 3.8) is 0 Å². The fourth-order valence-electron chi connectivity index (χ4n) is 3.60. The predicted molar refractivity (Wildman–Crippen MR) is 114 cm³/mol. The van der Waals surface area contributed by atoms with Crippen molar-refractivity contribution in [3.8, 4) is 0 Å². The number of hydrogen-bond donors (Lipinski definition) is 0. The number of halogens is 1. The molecule has 1 aromatic rings. The average Bonchev–Trinajstić information content (AvgIpc) is 2.68. The van der Waals surface area contributed by atoms with E-state index < -0.39 is 16.1 Å².